The van der Waals surface area contributed by atoms with Crippen molar-refractivity contribution in [2.24, 2.45) is 0 Å². The molecule has 0 unspecified atom stereocenters. The highest BCUT2D eigenvalue weighted by Gasteiger charge is 2.06. The second-order valence-electron chi connectivity index (χ2n) is 4.87. The molecule has 3 aromatic heterocycles. The largest absolute Gasteiger partial charge is 0.465 e. The molecule has 0 bridgehead atoms. The molecule has 3 heterocycles. The highest BCUT2D eigenvalue weighted by molar-refractivity contribution is 9.10. The highest BCUT2D eigenvalue weighted by Crippen LogP contribution is 2.17. The first-order chi connectivity index (χ1) is 10.6. The van der Waals surface area contributed by atoms with E-state index in [2.05, 4.69) is 26.2 Å². The summed E-state index contributed by atoms with van der Waals surface area (Å²) in [4.78, 5) is 16.3. The number of imidazole rings is 1. The molecule has 0 atom stereocenters. The van der Waals surface area contributed by atoms with Crippen LogP contribution in [0, 0.1) is 6.92 Å². The predicted molar refractivity (Wildman–Crippen MR) is 87.2 cm³/mol. The number of carbonyl (C=O) groups is 1. The van der Waals surface area contributed by atoms with Gasteiger partial charge >= 0.3 is 0 Å². The van der Waals surface area contributed by atoms with Gasteiger partial charge in [-0.05, 0) is 52.7 Å². The number of amides is 1. The van der Waals surface area contributed by atoms with Crippen LogP contribution >= 0.6 is 15.9 Å². The summed E-state index contributed by atoms with van der Waals surface area (Å²) in [5.74, 6) is 0.453. The monoisotopic (exact) mass is 359 g/mol. The first-order valence-corrected chi connectivity index (χ1v) is 7.54. The van der Waals surface area contributed by atoms with E-state index >= 15 is 0 Å². The van der Waals surface area contributed by atoms with Crippen molar-refractivity contribution in [3.05, 3.63) is 64.4 Å². The minimum Gasteiger partial charge on any atom is -0.465 e. The number of halogens is 1. The minimum atomic E-state index is -0.189. The molecular formula is C16H14BrN3O2. The van der Waals surface area contributed by atoms with Gasteiger partial charge in [-0.1, -0.05) is 0 Å². The Bertz CT molecular complexity index is 835. The fourth-order valence-electron chi connectivity index (χ4n) is 2.14. The van der Waals surface area contributed by atoms with Crippen LogP contribution in [-0.2, 0) is 11.3 Å². The minimum absolute atomic E-state index is 0.189. The third-order valence-electron chi connectivity index (χ3n) is 3.14. The Kier molecular flexibility index (Phi) is 4.11. The van der Waals surface area contributed by atoms with Crippen molar-refractivity contribution in [2.45, 2.75) is 13.5 Å². The van der Waals surface area contributed by atoms with Crippen LogP contribution in [-0.4, -0.2) is 15.3 Å². The fourth-order valence-corrected chi connectivity index (χ4v) is 2.71. The van der Waals surface area contributed by atoms with Gasteiger partial charge in [-0.3, -0.25) is 4.79 Å². The Hall–Kier alpha value is -2.34. The average molecular weight is 360 g/mol. The molecular weight excluding hydrogens is 346 g/mol. The first-order valence-electron chi connectivity index (χ1n) is 6.75. The van der Waals surface area contributed by atoms with Crippen LogP contribution < -0.4 is 5.32 Å². The first kappa shape index (κ1) is 14.6. The van der Waals surface area contributed by atoms with Crippen LogP contribution in [0.3, 0.4) is 0 Å². The maximum atomic E-state index is 11.8. The number of hydrogen-bond acceptors (Lipinski definition) is 3. The number of carbonyl (C=O) groups excluding carboxylic acids is 1. The van der Waals surface area contributed by atoms with E-state index in [9.17, 15) is 4.79 Å². The number of nitrogens with zero attached hydrogens (tertiary/aromatic N) is 2. The number of furan rings is 1. The van der Waals surface area contributed by atoms with E-state index in [1.54, 1.807) is 24.5 Å². The van der Waals surface area contributed by atoms with E-state index < -0.39 is 0 Å². The lowest BCUT2D eigenvalue weighted by Crippen LogP contribution is -2.20. The Morgan fingerprint density at radius 1 is 1.50 bits per heavy atom. The summed E-state index contributed by atoms with van der Waals surface area (Å²) in [5, 5.41) is 2.80. The lowest BCUT2D eigenvalue weighted by Gasteiger charge is -1.97. The van der Waals surface area contributed by atoms with Crippen molar-refractivity contribution in [2.75, 3.05) is 0 Å². The molecule has 3 aromatic rings. The molecule has 0 aromatic carbocycles. The Labute approximate surface area is 135 Å². The van der Waals surface area contributed by atoms with Gasteiger partial charge in [-0.15, -0.1) is 0 Å². The molecule has 0 saturated carbocycles. The molecule has 0 fully saturated rings. The van der Waals surface area contributed by atoms with E-state index in [0.717, 1.165) is 21.4 Å². The van der Waals surface area contributed by atoms with Gasteiger partial charge in [0.2, 0.25) is 5.91 Å². The summed E-state index contributed by atoms with van der Waals surface area (Å²) in [6.07, 6.45) is 8.48. The topological polar surface area (TPSA) is 59.5 Å². The average Bonchev–Trinajstić information content (AvgIpc) is 3.11. The Morgan fingerprint density at radius 3 is 3.14 bits per heavy atom. The SMILES string of the molecule is Cc1cc(Br)cn2cc(CNC(=O)/C=C/c3ccco3)nc12. The third kappa shape index (κ3) is 3.28. The molecule has 0 spiro atoms. The quantitative estimate of drug-likeness (QED) is 0.726. The molecule has 6 heteroatoms. The summed E-state index contributed by atoms with van der Waals surface area (Å²) in [5.41, 5.74) is 2.77. The summed E-state index contributed by atoms with van der Waals surface area (Å²) in [6, 6.07) is 5.57. The molecule has 1 N–H and O–H groups in total. The lowest BCUT2D eigenvalue weighted by molar-refractivity contribution is -0.116. The number of fused-ring (bicyclic) bond motifs is 1. The fraction of sp³-hybridized carbons (Fsp3) is 0.125. The lowest BCUT2D eigenvalue weighted by atomic mass is 10.3. The highest BCUT2D eigenvalue weighted by atomic mass is 79.9. The smallest absolute Gasteiger partial charge is 0.244 e. The van der Waals surface area contributed by atoms with Crippen LogP contribution in [0.1, 0.15) is 17.0 Å². The number of aromatic nitrogens is 2. The predicted octanol–water partition coefficient (Wildman–Crippen LogP) is 3.33. The van der Waals surface area contributed by atoms with Crippen molar-refractivity contribution in [1.29, 1.82) is 0 Å². The molecule has 0 aliphatic carbocycles. The molecule has 0 aliphatic rings. The zero-order chi connectivity index (χ0) is 15.5. The van der Waals surface area contributed by atoms with Crippen LogP contribution in [0.5, 0.6) is 0 Å². The summed E-state index contributed by atoms with van der Waals surface area (Å²) in [7, 11) is 0. The van der Waals surface area contributed by atoms with Crippen molar-refractivity contribution in [3.63, 3.8) is 0 Å². The molecule has 0 radical (unpaired) electrons. The summed E-state index contributed by atoms with van der Waals surface area (Å²) in [6.45, 7) is 2.38. The number of nitrogens with one attached hydrogen (secondary N) is 1. The standard InChI is InChI=1S/C16H14BrN3O2/c1-11-7-12(17)9-20-10-13(19-16(11)20)8-18-15(21)5-4-14-3-2-6-22-14/h2-7,9-10H,8H2,1H3,(H,18,21)/b5-4+. The van der Waals surface area contributed by atoms with Crippen molar-refractivity contribution in [1.82, 2.24) is 14.7 Å². The van der Waals surface area contributed by atoms with E-state index in [-0.39, 0.29) is 5.91 Å². The molecule has 3 rings (SSSR count). The molecule has 112 valence electrons. The van der Waals surface area contributed by atoms with Crippen LogP contribution in [0.15, 0.2) is 51.8 Å². The zero-order valence-corrected chi connectivity index (χ0v) is 13.5. The van der Waals surface area contributed by atoms with E-state index in [0.29, 0.717) is 12.3 Å². The maximum Gasteiger partial charge on any atom is 0.244 e. The van der Waals surface area contributed by atoms with Gasteiger partial charge in [0.05, 0.1) is 18.5 Å². The number of aryl methyl sites for hydroxylation is 1. The van der Waals surface area contributed by atoms with E-state index in [1.165, 1.54) is 6.08 Å². The normalized spacial score (nSPS) is 11.4. The number of pyridine rings is 1. The molecule has 5 nitrogen and oxygen atoms in total. The van der Waals surface area contributed by atoms with Gasteiger partial charge in [0, 0.05) is 22.9 Å². The van der Waals surface area contributed by atoms with Crippen molar-refractivity contribution < 1.29 is 9.21 Å². The van der Waals surface area contributed by atoms with Gasteiger partial charge in [0.25, 0.3) is 0 Å². The Balaban J connectivity index is 1.66. The van der Waals surface area contributed by atoms with Crippen LogP contribution in [0.25, 0.3) is 11.7 Å². The van der Waals surface area contributed by atoms with Gasteiger partial charge in [0.15, 0.2) is 0 Å². The van der Waals surface area contributed by atoms with E-state index in [4.69, 9.17) is 4.42 Å². The van der Waals surface area contributed by atoms with Gasteiger partial charge < -0.3 is 14.1 Å². The number of rotatable bonds is 4. The summed E-state index contributed by atoms with van der Waals surface area (Å²) < 4.78 is 8.06. The van der Waals surface area contributed by atoms with Crippen LogP contribution in [0.2, 0.25) is 0 Å². The van der Waals surface area contributed by atoms with Crippen molar-refractivity contribution >= 4 is 33.6 Å². The second kappa shape index (κ2) is 6.19. The maximum absolute atomic E-state index is 11.8. The summed E-state index contributed by atoms with van der Waals surface area (Å²) >= 11 is 3.46. The molecule has 0 aliphatic heterocycles. The molecule has 22 heavy (non-hydrogen) atoms. The number of hydrogen-bond donors (Lipinski definition) is 1. The van der Waals surface area contributed by atoms with E-state index in [1.807, 2.05) is 29.8 Å². The molecule has 0 saturated heterocycles. The van der Waals surface area contributed by atoms with Gasteiger partial charge in [-0.25, -0.2) is 4.98 Å². The molecule has 1 amide bonds. The van der Waals surface area contributed by atoms with Crippen LogP contribution in [0.4, 0.5) is 0 Å². The van der Waals surface area contributed by atoms with Gasteiger partial charge in [0.1, 0.15) is 11.4 Å². The Morgan fingerprint density at radius 2 is 2.36 bits per heavy atom. The van der Waals surface area contributed by atoms with Gasteiger partial charge in [-0.2, -0.15) is 0 Å². The van der Waals surface area contributed by atoms with Crippen molar-refractivity contribution in [3.8, 4) is 0 Å². The second-order valence-corrected chi connectivity index (χ2v) is 5.79. The third-order valence-corrected chi connectivity index (χ3v) is 3.57. The zero-order valence-electron chi connectivity index (χ0n) is 11.9.